The number of fused-ring (bicyclic) bond motifs is 1. The Morgan fingerprint density at radius 1 is 1.15 bits per heavy atom. The lowest BCUT2D eigenvalue weighted by Gasteiger charge is -2.06. The van der Waals surface area contributed by atoms with Gasteiger partial charge in [-0.2, -0.15) is 0 Å². The maximum Gasteiger partial charge on any atom is 0.256 e. The third-order valence-electron chi connectivity index (χ3n) is 3.16. The van der Waals surface area contributed by atoms with E-state index in [1.807, 2.05) is 56.4 Å². The summed E-state index contributed by atoms with van der Waals surface area (Å²) in [7, 11) is 0. The molecule has 0 spiro atoms. The van der Waals surface area contributed by atoms with Gasteiger partial charge in [-0.3, -0.25) is 4.79 Å². The number of nitrogens with zero attached hydrogens (tertiary/aromatic N) is 1. The number of hydrogen-bond acceptors (Lipinski definition) is 2. The summed E-state index contributed by atoms with van der Waals surface area (Å²) < 4.78 is 0. The van der Waals surface area contributed by atoms with Crippen LogP contribution in [0.15, 0.2) is 42.6 Å². The number of aromatic nitrogens is 2. The third kappa shape index (κ3) is 2.40. The molecule has 3 aromatic rings. The van der Waals surface area contributed by atoms with Crippen LogP contribution in [0.5, 0.6) is 0 Å². The second kappa shape index (κ2) is 4.81. The average Bonchev–Trinajstić information content (AvgIpc) is 2.84. The number of carbonyl (C=O) groups excluding carboxylic acids is 1. The van der Waals surface area contributed by atoms with Crippen molar-refractivity contribution in [1.29, 1.82) is 0 Å². The first kappa shape index (κ1) is 12.4. The lowest BCUT2D eigenvalue weighted by molar-refractivity contribution is 0.102. The zero-order chi connectivity index (χ0) is 14.1. The minimum absolute atomic E-state index is 0.154. The average molecular weight is 265 g/mol. The molecular formula is C16H15N3O. The van der Waals surface area contributed by atoms with Crippen LogP contribution in [0.1, 0.15) is 21.6 Å². The van der Waals surface area contributed by atoms with E-state index in [2.05, 4.69) is 15.3 Å². The SMILES string of the molecule is Cc1cc(C)nc(NC(=O)c2ccc3cc[nH]c3c2)c1. The Morgan fingerprint density at radius 2 is 2.00 bits per heavy atom. The molecule has 1 amide bonds. The molecule has 100 valence electrons. The monoisotopic (exact) mass is 265 g/mol. The van der Waals surface area contributed by atoms with E-state index in [-0.39, 0.29) is 5.91 Å². The minimum Gasteiger partial charge on any atom is -0.361 e. The van der Waals surface area contributed by atoms with E-state index < -0.39 is 0 Å². The van der Waals surface area contributed by atoms with Crippen molar-refractivity contribution < 1.29 is 4.79 Å². The van der Waals surface area contributed by atoms with Crippen molar-refractivity contribution in [1.82, 2.24) is 9.97 Å². The van der Waals surface area contributed by atoms with Crippen molar-refractivity contribution in [3.8, 4) is 0 Å². The summed E-state index contributed by atoms with van der Waals surface area (Å²) in [6, 6.07) is 11.4. The van der Waals surface area contributed by atoms with Crippen LogP contribution in [0, 0.1) is 13.8 Å². The standard InChI is InChI=1S/C16H15N3O/c1-10-7-11(2)18-15(8-10)19-16(20)13-4-3-12-5-6-17-14(12)9-13/h3-9,17H,1-2H3,(H,18,19,20). The number of H-pyrrole nitrogens is 1. The van der Waals surface area contributed by atoms with E-state index in [4.69, 9.17) is 0 Å². The van der Waals surface area contributed by atoms with Gasteiger partial charge in [0.25, 0.3) is 5.91 Å². The summed E-state index contributed by atoms with van der Waals surface area (Å²) in [5.41, 5.74) is 3.53. The van der Waals surface area contributed by atoms with E-state index in [0.717, 1.165) is 22.2 Å². The Hall–Kier alpha value is -2.62. The van der Waals surface area contributed by atoms with Crippen LogP contribution in [-0.2, 0) is 0 Å². The van der Waals surface area contributed by atoms with E-state index in [9.17, 15) is 4.79 Å². The fraction of sp³-hybridized carbons (Fsp3) is 0.125. The van der Waals surface area contributed by atoms with Crippen molar-refractivity contribution in [2.24, 2.45) is 0 Å². The number of aryl methyl sites for hydroxylation is 2. The highest BCUT2D eigenvalue weighted by atomic mass is 16.1. The molecule has 0 saturated heterocycles. The molecule has 4 nitrogen and oxygen atoms in total. The van der Waals surface area contributed by atoms with Gasteiger partial charge in [0, 0.05) is 23.0 Å². The van der Waals surface area contributed by atoms with Crippen molar-refractivity contribution in [2.75, 3.05) is 5.32 Å². The number of rotatable bonds is 2. The maximum atomic E-state index is 12.2. The quantitative estimate of drug-likeness (QED) is 0.745. The molecule has 0 aliphatic rings. The number of hydrogen-bond donors (Lipinski definition) is 2. The van der Waals surface area contributed by atoms with Crippen LogP contribution in [0.25, 0.3) is 10.9 Å². The van der Waals surface area contributed by atoms with Crippen LogP contribution in [-0.4, -0.2) is 15.9 Å². The van der Waals surface area contributed by atoms with Gasteiger partial charge in [0.05, 0.1) is 0 Å². The van der Waals surface area contributed by atoms with Crippen LogP contribution < -0.4 is 5.32 Å². The molecule has 4 heteroatoms. The van der Waals surface area contributed by atoms with E-state index in [1.165, 1.54) is 0 Å². The summed E-state index contributed by atoms with van der Waals surface area (Å²) in [4.78, 5) is 19.7. The minimum atomic E-state index is -0.154. The van der Waals surface area contributed by atoms with Gasteiger partial charge in [0.2, 0.25) is 0 Å². The van der Waals surface area contributed by atoms with Gasteiger partial charge in [-0.25, -0.2) is 4.98 Å². The summed E-state index contributed by atoms with van der Waals surface area (Å²) in [5, 5.41) is 3.92. The number of nitrogens with one attached hydrogen (secondary N) is 2. The molecule has 1 aromatic carbocycles. The first-order valence-corrected chi connectivity index (χ1v) is 6.45. The molecule has 0 aliphatic carbocycles. The van der Waals surface area contributed by atoms with Gasteiger partial charge < -0.3 is 10.3 Å². The van der Waals surface area contributed by atoms with E-state index >= 15 is 0 Å². The van der Waals surface area contributed by atoms with Crippen molar-refractivity contribution >= 4 is 22.6 Å². The Labute approximate surface area is 116 Å². The highest BCUT2D eigenvalue weighted by Gasteiger charge is 2.08. The summed E-state index contributed by atoms with van der Waals surface area (Å²) in [6.45, 7) is 3.89. The second-order valence-corrected chi connectivity index (χ2v) is 4.90. The smallest absolute Gasteiger partial charge is 0.256 e. The number of amides is 1. The first-order chi connectivity index (χ1) is 9.61. The highest BCUT2D eigenvalue weighted by molar-refractivity contribution is 6.05. The number of carbonyl (C=O) groups is 1. The molecule has 2 heterocycles. The molecule has 0 saturated carbocycles. The van der Waals surface area contributed by atoms with Crippen molar-refractivity contribution in [3.63, 3.8) is 0 Å². The van der Waals surface area contributed by atoms with Gasteiger partial charge >= 0.3 is 0 Å². The molecule has 2 N–H and O–H groups in total. The number of anilines is 1. The molecule has 0 radical (unpaired) electrons. The van der Waals surface area contributed by atoms with Gasteiger partial charge in [0.1, 0.15) is 5.82 Å². The summed E-state index contributed by atoms with van der Waals surface area (Å²) in [6.07, 6.45) is 1.86. The van der Waals surface area contributed by atoms with Gasteiger partial charge in [0.15, 0.2) is 0 Å². The molecule has 0 atom stereocenters. The van der Waals surface area contributed by atoms with E-state index in [1.54, 1.807) is 0 Å². The Bertz CT molecular complexity index is 769. The fourth-order valence-corrected chi connectivity index (χ4v) is 2.28. The molecular weight excluding hydrogens is 250 g/mol. The predicted molar refractivity (Wildman–Crippen MR) is 80.0 cm³/mol. The second-order valence-electron chi connectivity index (χ2n) is 4.90. The van der Waals surface area contributed by atoms with Crippen molar-refractivity contribution in [3.05, 3.63) is 59.4 Å². The number of benzene rings is 1. The molecule has 3 rings (SSSR count). The van der Waals surface area contributed by atoms with E-state index in [0.29, 0.717) is 11.4 Å². The summed E-state index contributed by atoms with van der Waals surface area (Å²) in [5.74, 6) is 0.429. The maximum absolute atomic E-state index is 12.2. The highest BCUT2D eigenvalue weighted by Crippen LogP contribution is 2.16. The Balaban J connectivity index is 1.88. The van der Waals surface area contributed by atoms with Crippen LogP contribution in [0.3, 0.4) is 0 Å². The molecule has 0 aliphatic heterocycles. The number of pyridine rings is 1. The normalized spacial score (nSPS) is 10.7. The molecule has 20 heavy (non-hydrogen) atoms. The summed E-state index contributed by atoms with van der Waals surface area (Å²) >= 11 is 0. The topological polar surface area (TPSA) is 57.8 Å². The first-order valence-electron chi connectivity index (χ1n) is 6.45. The van der Waals surface area contributed by atoms with Crippen LogP contribution in [0.2, 0.25) is 0 Å². The van der Waals surface area contributed by atoms with Crippen LogP contribution >= 0.6 is 0 Å². The van der Waals surface area contributed by atoms with Gasteiger partial charge in [-0.15, -0.1) is 0 Å². The van der Waals surface area contributed by atoms with Gasteiger partial charge in [-0.05, 0) is 55.1 Å². The van der Waals surface area contributed by atoms with Crippen LogP contribution in [0.4, 0.5) is 5.82 Å². The molecule has 0 bridgehead atoms. The predicted octanol–water partition coefficient (Wildman–Crippen LogP) is 3.43. The zero-order valence-corrected chi connectivity index (χ0v) is 11.4. The molecule has 0 unspecified atom stereocenters. The number of aromatic amines is 1. The Kier molecular flexibility index (Phi) is 2.99. The van der Waals surface area contributed by atoms with Crippen molar-refractivity contribution in [2.45, 2.75) is 13.8 Å². The Morgan fingerprint density at radius 3 is 2.80 bits per heavy atom. The zero-order valence-electron chi connectivity index (χ0n) is 11.4. The fourth-order valence-electron chi connectivity index (χ4n) is 2.28. The van der Waals surface area contributed by atoms with Gasteiger partial charge in [-0.1, -0.05) is 6.07 Å². The lowest BCUT2D eigenvalue weighted by atomic mass is 10.1. The lowest BCUT2D eigenvalue weighted by Crippen LogP contribution is -2.13. The third-order valence-corrected chi connectivity index (χ3v) is 3.16. The molecule has 0 fully saturated rings. The molecule has 2 aromatic heterocycles. The largest absolute Gasteiger partial charge is 0.361 e.